The average Bonchev–Trinajstić information content (AvgIpc) is 3.15. The van der Waals surface area contributed by atoms with Gasteiger partial charge < -0.3 is 15.2 Å². The van der Waals surface area contributed by atoms with E-state index in [4.69, 9.17) is 11.6 Å². The minimum Gasteiger partial charge on any atom is -0.378 e. The fourth-order valence-corrected chi connectivity index (χ4v) is 3.74. The number of halogens is 1. The lowest BCUT2D eigenvalue weighted by atomic mass is 10.2. The van der Waals surface area contributed by atoms with E-state index in [-0.39, 0.29) is 17.3 Å². The summed E-state index contributed by atoms with van der Waals surface area (Å²) in [7, 11) is 0. The van der Waals surface area contributed by atoms with Crippen molar-refractivity contribution < 1.29 is 9.72 Å². The number of non-ortho nitro benzene ring substituents is 1. The lowest BCUT2D eigenvalue weighted by Gasteiger charge is -2.10. The van der Waals surface area contributed by atoms with Crippen LogP contribution in [0.4, 0.5) is 17.1 Å². The molecule has 0 saturated heterocycles. The van der Waals surface area contributed by atoms with Crippen LogP contribution in [0.5, 0.6) is 0 Å². The normalized spacial score (nSPS) is 10.7. The van der Waals surface area contributed by atoms with Gasteiger partial charge in [0.05, 0.1) is 22.9 Å². The summed E-state index contributed by atoms with van der Waals surface area (Å²) in [5.41, 5.74) is 2.01. The van der Waals surface area contributed by atoms with Crippen molar-refractivity contribution in [2.45, 2.75) is 32.1 Å². The van der Waals surface area contributed by atoms with Crippen LogP contribution in [0.25, 0.3) is 0 Å². The molecule has 3 rings (SSSR count). The second kappa shape index (κ2) is 10.3. The van der Waals surface area contributed by atoms with Gasteiger partial charge in [-0.1, -0.05) is 29.4 Å². The number of nitro groups is 1. The number of amides is 1. The van der Waals surface area contributed by atoms with Gasteiger partial charge in [-0.2, -0.15) is 0 Å². The van der Waals surface area contributed by atoms with Gasteiger partial charge in [-0.25, -0.2) is 0 Å². The van der Waals surface area contributed by atoms with Crippen LogP contribution in [0.1, 0.15) is 18.3 Å². The number of benzene rings is 2. The molecule has 1 heterocycles. The zero-order valence-electron chi connectivity index (χ0n) is 17.0. The number of thioether (sulfide) groups is 1. The van der Waals surface area contributed by atoms with E-state index >= 15 is 0 Å². The molecule has 0 saturated carbocycles. The Hall–Kier alpha value is -3.11. The van der Waals surface area contributed by atoms with Crippen molar-refractivity contribution in [3.63, 3.8) is 0 Å². The van der Waals surface area contributed by atoms with E-state index < -0.39 is 4.92 Å². The van der Waals surface area contributed by atoms with Crippen LogP contribution in [0.2, 0.25) is 5.02 Å². The Kier molecular flexibility index (Phi) is 7.48. The summed E-state index contributed by atoms with van der Waals surface area (Å²) in [5.74, 6) is 0.570. The molecule has 0 bridgehead atoms. The highest BCUT2D eigenvalue weighted by Crippen LogP contribution is 2.23. The smallest absolute Gasteiger partial charge is 0.271 e. The molecule has 0 aliphatic heterocycles. The summed E-state index contributed by atoms with van der Waals surface area (Å²) in [4.78, 5) is 22.8. The van der Waals surface area contributed by atoms with Crippen molar-refractivity contribution >= 4 is 46.3 Å². The standard InChI is InChI=1S/C20H21ClN6O3S/c1-3-26-18(11-22-15-7-5-14(21)6-8-15)24-25-20(26)31-12-19(28)23-17-10-16(27(29)30)9-4-13(17)2/h4-10,22H,3,11-12H2,1-2H3,(H,23,28). The van der Waals surface area contributed by atoms with Gasteiger partial charge in [-0.15, -0.1) is 10.2 Å². The molecule has 162 valence electrons. The number of rotatable bonds is 9. The van der Waals surface area contributed by atoms with E-state index in [0.717, 1.165) is 17.1 Å². The van der Waals surface area contributed by atoms with Gasteiger partial charge in [0.25, 0.3) is 5.69 Å². The Labute approximate surface area is 188 Å². The van der Waals surface area contributed by atoms with Crippen LogP contribution < -0.4 is 10.6 Å². The molecule has 0 aliphatic carbocycles. The molecule has 0 atom stereocenters. The zero-order valence-corrected chi connectivity index (χ0v) is 18.5. The number of nitro benzene ring substituents is 1. The van der Waals surface area contributed by atoms with Crippen LogP contribution in [-0.2, 0) is 17.9 Å². The number of carbonyl (C=O) groups excluding carboxylic acids is 1. The molecule has 2 aromatic carbocycles. The monoisotopic (exact) mass is 460 g/mol. The molecular formula is C20H21ClN6O3S. The van der Waals surface area contributed by atoms with Crippen LogP contribution in [0.3, 0.4) is 0 Å². The fourth-order valence-electron chi connectivity index (χ4n) is 2.80. The van der Waals surface area contributed by atoms with Gasteiger partial charge in [0, 0.05) is 29.4 Å². The van der Waals surface area contributed by atoms with E-state index in [0.29, 0.717) is 29.0 Å². The van der Waals surface area contributed by atoms with E-state index in [1.807, 2.05) is 23.6 Å². The van der Waals surface area contributed by atoms with Gasteiger partial charge in [0.1, 0.15) is 0 Å². The molecule has 31 heavy (non-hydrogen) atoms. The lowest BCUT2D eigenvalue weighted by Crippen LogP contribution is -2.16. The Morgan fingerprint density at radius 1 is 1.23 bits per heavy atom. The lowest BCUT2D eigenvalue weighted by molar-refractivity contribution is -0.384. The molecule has 1 amide bonds. The van der Waals surface area contributed by atoms with E-state index in [1.165, 1.54) is 23.9 Å². The number of hydrogen-bond donors (Lipinski definition) is 2. The summed E-state index contributed by atoms with van der Waals surface area (Å²) in [6.07, 6.45) is 0. The number of aryl methyl sites for hydroxylation is 1. The minimum atomic E-state index is -0.493. The number of carbonyl (C=O) groups is 1. The first-order chi connectivity index (χ1) is 14.9. The van der Waals surface area contributed by atoms with Gasteiger partial charge >= 0.3 is 0 Å². The quantitative estimate of drug-likeness (QED) is 0.274. The number of anilines is 2. The van der Waals surface area contributed by atoms with Crippen LogP contribution in [0.15, 0.2) is 47.6 Å². The molecule has 0 fully saturated rings. The SMILES string of the molecule is CCn1c(CNc2ccc(Cl)cc2)nnc1SCC(=O)Nc1cc([N+](=O)[O-])ccc1C. The highest BCUT2D eigenvalue weighted by Gasteiger charge is 2.15. The Morgan fingerprint density at radius 2 is 1.97 bits per heavy atom. The van der Waals surface area contributed by atoms with Gasteiger partial charge in [0.15, 0.2) is 11.0 Å². The number of nitrogens with one attached hydrogen (secondary N) is 2. The van der Waals surface area contributed by atoms with Crippen molar-refractivity contribution in [1.82, 2.24) is 14.8 Å². The summed E-state index contributed by atoms with van der Waals surface area (Å²) in [6, 6.07) is 11.7. The number of nitrogens with zero attached hydrogens (tertiary/aromatic N) is 4. The average molecular weight is 461 g/mol. The van der Waals surface area contributed by atoms with Gasteiger partial charge in [0.2, 0.25) is 5.91 Å². The Morgan fingerprint density at radius 3 is 2.65 bits per heavy atom. The Bertz CT molecular complexity index is 1090. The molecule has 9 nitrogen and oxygen atoms in total. The van der Waals surface area contributed by atoms with E-state index in [2.05, 4.69) is 20.8 Å². The van der Waals surface area contributed by atoms with Gasteiger partial charge in [-0.05, 0) is 43.7 Å². The topological polar surface area (TPSA) is 115 Å². The first-order valence-electron chi connectivity index (χ1n) is 9.46. The Balaban J connectivity index is 1.60. The van der Waals surface area contributed by atoms with E-state index in [9.17, 15) is 14.9 Å². The summed E-state index contributed by atoms with van der Waals surface area (Å²) < 4.78 is 1.93. The highest BCUT2D eigenvalue weighted by molar-refractivity contribution is 7.99. The molecule has 0 aliphatic rings. The summed E-state index contributed by atoms with van der Waals surface area (Å²) in [5, 5.41) is 26.7. The molecule has 2 N–H and O–H groups in total. The van der Waals surface area contributed by atoms with Crippen LogP contribution >= 0.6 is 23.4 Å². The first kappa shape index (κ1) is 22.6. The van der Waals surface area contributed by atoms with Crippen molar-refractivity contribution in [3.8, 4) is 0 Å². The summed E-state index contributed by atoms with van der Waals surface area (Å²) >= 11 is 7.16. The number of aromatic nitrogens is 3. The number of hydrogen-bond acceptors (Lipinski definition) is 7. The third-order valence-corrected chi connectivity index (χ3v) is 5.66. The molecule has 0 unspecified atom stereocenters. The van der Waals surface area contributed by atoms with Crippen LogP contribution in [0, 0.1) is 17.0 Å². The van der Waals surface area contributed by atoms with E-state index in [1.54, 1.807) is 25.1 Å². The first-order valence-corrected chi connectivity index (χ1v) is 10.8. The molecule has 0 spiro atoms. The molecule has 3 aromatic rings. The van der Waals surface area contributed by atoms with Crippen molar-refractivity contribution in [3.05, 3.63) is 69.0 Å². The third kappa shape index (κ3) is 5.96. The largest absolute Gasteiger partial charge is 0.378 e. The third-order valence-electron chi connectivity index (χ3n) is 4.44. The van der Waals surface area contributed by atoms with Gasteiger partial charge in [-0.3, -0.25) is 14.9 Å². The van der Waals surface area contributed by atoms with Crippen molar-refractivity contribution in [2.24, 2.45) is 0 Å². The molecular weight excluding hydrogens is 440 g/mol. The van der Waals surface area contributed by atoms with Crippen molar-refractivity contribution in [2.75, 3.05) is 16.4 Å². The maximum atomic E-state index is 12.4. The van der Waals surface area contributed by atoms with Crippen LogP contribution in [-0.4, -0.2) is 31.3 Å². The zero-order chi connectivity index (χ0) is 22.4. The molecule has 0 radical (unpaired) electrons. The maximum Gasteiger partial charge on any atom is 0.271 e. The molecule has 11 heteroatoms. The predicted octanol–water partition coefficient (Wildman–Crippen LogP) is 4.51. The minimum absolute atomic E-state index is 0.0721. The highest BCUT2D eigenvalue weighted by atomic mass is 35.5. The fraction of sp³-hybridized carbons (Fsp3) is 0.250. The van der Waals surface area contributed by atoms with Crippen molar-refractivity contribution in [1.29, 1.82) is 0 Å². The maximum absolute atomic E-state index is 12.4. The predicted molar refractivity (Wildman–Crippen MR) is 122 cm³/mol. The molecule has 1 aromatic heterocycles. The summed E-state index contributed by atoms with van der Waals surface area (Å²) in [6.45, 7) is 4.88. The second-order valence-electron chi connectivity index (χ2n) is 6.60. The second-order valence-corrected chi connectivity index (χ2v) is 7.98.